The van der Waals surface area contributed by atoms with Gasteiger partial charge in [0.15, 0.2) is 0 Å². The van der Waals surface area contributed by atoms with Gasteiger partial charge in [-0.1, -0.05) is 12.1 Å². The molecule has 0 fully saturated rings. The average molecular weight is 294 g/mol. The van der Waals surface area contributed by atoms with Crippen LogP contribution in [-0.4, -0.2) is 15.5 Å². The first-order valence-electron chi connectivity index (χ1n) is 7.51. The molecule has 2 heterocycles. The molecule has 114 valence electrons. The Bertz CT molecular complexity index is 796. The summed E-state index contributed by atoms with van der Waals surface area (Å²) >= 11 is 0. The molecule has 0 bridgehead atoms. The summed E-state index contributed by atoms with van der Waals surface area (Å²) in [4.78, 5) is 7.51. The van der Waals surface area contributed by atoms with Crippen LogP contribution in [0.1, 0.15) is 26.3 Å². The highest BCUT2D eigenvalue weighted by Crippen LogP contribution is 2.31. The van der Waals surface area contributed by atoms with Gasteiger partial charge in [0, 0.05) is 35.6 Å². The first-order chi connectivity index (χ1) is 10.5. The molecule has 0 saturated heterocycles. The second kappa shape index (κ2) is 5.46. The SMILES string of the molecule is CC(C)(C)Nc1cc(-c2ccnc3[nH]ccc23)ccc1CN. The zero-order valence-corrected chi connectivity index (χ0v) is 13.3. The summed E-state index contributed by atoms with van der Waals surface area (Å²) in [6, 6.07) is 10.5. The van der Waals surface area contributed by atoms with E-state index in [1.165, 1.54) is 5.56 Å². The molecule has 1 aromatic carbocycles. The predicted molar refractivity (Wildman–Crippen MR) is 92.8 cm³/mol. The lowest BCUT2D eigenvalue weighted by Crippen LogP contribution is -2.27. The molecule has 0 amide bonds. The van der Waals surface area contributed by atoms with E-state index in [1.807, 2.05) is 12.4 Å². The van der Waals surface area contributed by atoms with Crippen LogP contribution in [-0.2, 0) is 6.54 Å². The van der Waals surface area contributed by atoms with Gasteiger partial charge in [-0.05, 0) is 55.7 Å². The highest BCUT2D eigenvalue weighted by molar-refractivity contribution is 5.93. The number of aromatic nitrogens is 2. The van der Waals surface area contributed by atoms with E-state index in [-0.39, 0.29) is 5.54 Å². The summed E-state index contributed by atoms with van der Waals surface area (Å²) in [5.41, 5.74) is 11.3. The third-order valence-electron chi connectivity index (χ3n) is 3.61. The monoisotopic (exact) mass is 294 g/mol. The number of fused-ring (bicyclic) bond motifs is 1. The molecule has 0 aliphatic heterocycles. The number of pyridine rings is 1. The molecule has 0 unspecified atom stereocenters. The largest absolute Gasteiger partial charge is 0.380 e. The van der Waals surface area contributed by atoms with Crippen LogP contribution >= 0.6 is 0 Å². The minimum atomic E-state index is -0.00973. The predicted octanol–water partition coefficient (Wildman–Crippen LogP) is 3.90. The lowest BCUT2D eigenvalue weighted by molar-refractivity contribution is 0.633. The minimum Gasteiger partial charge on any atom is -0.380 e. The van der Waals surface area contributed by atoms with Crippen molar-refractivity contribution in [3.63, 3.8) is 0 Å². The molecule has 3 aromatic rings. The van der Waals surface area contributed by atoms with Gasteiger partial charge in [-0.15, -0.1) is 0 Å². The fourth-order valence-electron chi connectivity index (χ4n) is 2.65. The zero-order chi connectivity index (χ0) is 15.7. The van der Waals surface area contributed by atoms with Crippen molar-refractivity contribution in [3.8, 4) is 11.1 Å². The van der Waals surface area contributed by atoms with E-state index in [2.05, 4.69) is 66.4 Å². The van der Waals surface area contributed by atoms with Gasteiger partial charge in [-0.2, -0.15) is 0 Å². The molecule has 0 saturated carbocycles. The molecule has 0 spiro atoms. The zero-order valence-electron chi connectivity index (χ0n) is 13.3. The third-order valence-corrected chi connectivity index (χ3v) is 3.61. The molecule has 4 heteroatoms. The number of aromatic amines is 1. The van der Waals surface area contributed by atoms with Gasteiger partial charge in [0.1, 0.15) is 5.65 Å². The maximum Gasteiger partial charge on any atom is 0.137 e. The van der Waals surface area contributed by atoms with Crippen LogP contribution in [0.2, 0.25) is 0 Å². The average Bonchev–Trinajstić information content (AvgIpc) is 2.93. The van der Waals surface area contributed by atoms with Crippen molar-refractivity contribution in [1.82, 2.24) is 9.97 Å². The molecular formula is C18H22N4. The van der Waals surface area contributed by atoms with Crippen molar-refractivity contribution < 1.29 is 0 Å². The summed E-state index contributed by atoms with van der Waals surface area (Å²) in [5, 5.41) is 4.68. The van der Waals surface area contributed by atoms with Gasteiger partial charge in [0.25, 0.3) is 0 Å². The minimum absolute atomic E-state index is 0.00973. The second-order valence-corrected chi connectivity index (χ2v) is 6.55. The Balaban J connectivity index is 2.12. The van der Waals surface area contributed by atoms with E-state index >= 15 is 0 Å². The molecule has 2 aromatic heterocycles. The number of rotatable bonds is 3. The summed E-state index contributed by atoms with van der Waals surface area (Å²) in [5.74, 6) is 0. The fourth-order valence-corrected chi connectivity index (χ4v) is 2.65. The molecule has 22 heavy (non-hydrogen) atoms. The van der Waals surface area contributed by atoms with E-state index < -0.39 is 0 Å². The van der Waals surface area contributed by atoms with E-state index in [9.17, 15) is 0 Å². The number of H-pyrrole nitrogens is 1. The summed E-state index contributed by atoms with van der Waals surface area (Å²) in [6.45, 7) is 6.97. The first kappa shape index (κ1) is 14.6. The maximum atomic E-state index is 5.88. The number of nitrogens with zero attached hydrogens (tertiary/aromatic N) is 1. The number of nitrogens with two attached hydrogens (primary N) is 1. The number of hydrogen-bond donors (Lipinski definition) is 3. The van der Waals surface area contributed by atoms with E-state index in [1.54, 1.807) is 0 Å². The van der Waals surface area contributed by atoms with Crippen LogP contribution < -0.4 is 11.1 Å². The topological polar surface area (TPSA) is 66.7 Å². The van der Waals surface area contributed by atoms with Crippen molar-refractivity contribution in [2.75, 3.05) is 5.32 Å². The Morgan fingerprint density at radius 3 is 2.73 bits per heavy atom. The molecule has 0 aliphatic carbocycles. The lowest BCUT2D eigenvalue weighted by Gasteiger charge is -2.24. The smallest absolute Gasteiger partial charge is 0.137 e. The Morgan fingerprint density at radius 1 is 1.18 bits per heavy atom. The Kier molecular flexibility index (Phi) is 3.62. The molecular weight excluding hydrogens is 272 g/mol. The van der Waals surface area contributed by atoms with Crippen LogP contribution in [0, 0.1) is 0 Å². The van der Waals surface area contributed by atoms with Gasteiger partial charge >= 0.3 is 0 Å². The third kappa shape index (κ3) is 2.83. The number of hydrogen-bond acceptors (Lipinski definition) is 3. The normalized spacial score (nSPS) is 11.8. The van der Waals surface area contributed by atoms with Gasteiger partial charge in [0.2, 0.25) is 0 Å². The summed E-state index contributed by atoms with van der Waals surface area (Å²) < 4.78 is 0. The van der Waals surface area contributed by atoms with Crippen LogP contribution in [0.4, 0.5) is 5.69 Å². The molecule has 0 radical (unpaired) electrons. The molecule has 4 N–H and O–H groups in total. The maximum absolute atomic E-state index is 5.88. The van der Waals surface area contributed by atoms with Gasteiger partial charge in [0.05, 0.1) is 0 Å². The molecule has 4 nitrogen and oxygen atoms in total. The summed E-state index contributed by atoms with van der Waals surface area (Å²) in [6.07, 6.45) is 3.76. The quantitative estimate of drug-likeness (QED) is 0.686. The Hall–Kier alpha value is -2.33. The van der Waals surface area contributed by atoms with Crippen molar-refractivity contribution in [2.45, 2.75) is 32.9 Å². The highest BCUT2D eigenvalue weighted by Gasteiger charge is 2.13. The van der Waals surface area contributed by atoms with Crippen LogP contribution in [0.15, 0.2) is 42.7 Å². The fraction of sp³-hybridized carbons (Fsp3) is 0.278. The highest BCUT2D eigenvalue weighted by atomic mass is 15.0. The second-order valence-electron chi connectivity index (χ2n) is 6.55. The van der Waals surface area contributed by atoms with Gasteiger partial charge in [-0.3, -0.25) is 0 Å². The molecule has 3 rings (SSSR count). The standard InChI is InChI=1S/C18H22N4/c1-18(2,3)22-16-10-12(4-5-13(16)11-19)14-6-8-20-17-15(14)7-9-21-17/h4-10,22H,11,19H2,1-3H3,(H,20,21). The van der Waals surface area contributed by atoms with Gasteiger partial charge < -0.3 is 16.0 Å². The lowest BCUT2D eigenvalue weighted by atomic mass is 9.99. The van der Waals surface area contributed by atoms with Crippen LogP contribution in [0.3, 0.4) is 0 Å². The van der Waals surface area contributed by atoms with Gasteiger partial charge in [-0.25, -0.2) is 4.98 Å². The van der Waals surface area contributed by atoms with Crippen molar-refractivity contribution in [2.24, 2.45) is 5.73 Å². The van der Waals surface area contributed by atoms with Crippen LogP contribution in [0.5, 0.6) is 0 Å². The molecule has 0 aliphatic rings. The van der Waals surface area contributed by atoms with Crippen LogP contribution in [0.25, 0.3) is 22.2 Å². The van der Waals surface area contributed by atoms with Crippen molar-refractivity contribution >= 4 is 16.7 Å². The number of nitrogens with one attached hydrogen (secondary N) is 2. The van der Waals surface area contributed by atoms with Crippen molar-refractivity contribution in [1.29, 1.82) is 0 Å². The van der Waals surface area contributed by atoms with E-state index in [4.69, 9.17) is 5.73 Å². The first-order valence-corrected chi connectivity index (χ1v) is 7.51. The van der Waals surface area contributed by atoms with E-state index in [0.29, 0.717) is 6.54 Å². The number of anilines is 1. The Labute approximate surface area is 130 Å². The molecule has 0 atom stereocenters. The summed E-state index contributed by atoms with van der Waals surface area (Å²) in [7, 11) is 0. The van der Waals surface area contributed by atoms with E-state index in [0.717, 1.165) is 27.8 Å². The number of benzene rings is 1. The van der Waals surface area contributed by atoms with Crippen molar-refractivity contribution in [3.05, 3.63) is 48.3 Å². The Morgan fingerprint density at radius 2 is 2.00 bits per heavy atom.